The van der Waals surface area contributed by atoms with Gasteiger partial charge in [0.25, 0.3) is 0 Å². The van der Waals surface area contributed by atoms with E-state index in [9.17, 15) is 0 Å². The average Bonchev–Trinajstić information content (AvgIpc) is 2.34. The Balaban J connectivity index is 2.45. The van der Waals surface area contributed by atoms with E-state index in [0.29, 0.717) is 0 Å². The molecule has 0 saturated carbocycles. The Morgan fingerprint density at radius 1 is 1.60 bits per heavy atom. The molecule has 0 amide bonds. The molecule has 0 saturated heterocycles. The fourth-order valence-electron chi connectivity index (χ4n) is 1.04. The third kappa shape index (κ3) is 0.650. The third-order valence-electron chi connectivity index (χ3n) is 1.53. The number of H-pyrrole nitrogens is 1. The summed E-state index contributed by atoms with van der Waals surface area (Å²) in [7, 11) is 0. The van der Waals surface area contributed by atoms with E-state index in [4.69, 9.17) is 4.74 Å². The molecule has 0 radical (unpaired) electrons. The first-order chi connectivity index (χ1) is 4.88. The minimum absolute atomic E-state index is 0.730. The number of nitrogens with zero attached hydrogens (tertiary/aromatic N) is 1. The van der Waals surface area contributed by atoms with E-state index in [2.05, 4.69) is 15.5 Å². The van der Waals surface area contributed by atoms with Gasteiger partial charge in [-0.2, -0.15) is 5.10 Å². The van der Waals surface area contributed by atoms with Crippen molar-refractivity contribution in [2.45, 2.75) is 6.92 Å². The SMILES string of the molecule is Cc1[nH]nc2c1OCCN2. The predicted molar refractivity (Wildman–Crippen MR) is 37.3 cm³/mol. The lowest BCUT2D eigenvalue weighted by Gasteiger charge is -2.13. The van der Waals surface area contributed by atoms with Crippen LogP contribution in [-0.4, -0.2) is 23.3 Å². The standard InChI is InChI=1S/C6H9N3O/c1-4-5-6(9-8-4)7-2-3-10-5/h2-3H2,1H3,(H2,7,8,9). The number of nitrogens with one attached hydrogen (secondary N) is 2. The number of ether oxygens (including phenoxy) is 1. The van der Waals surface area contributed by atoms with Crippen molar-refractivity contribution < 1.29 is 4.74 Å². The van der Waals surface area contributed by atoms with Gasteiger partial charge in [0.1, 0.15) is 6.61 Å². The molecule has 1 aromatic heterocycles. The summed E-state index contributed by atoms with van der Waals surface area (Å²) in [5.74, 6) is 1.70. The number of anilines is 1. The van der Waals surface area contributed by atoms with E-state index in [-0.39, 0.29) is 0 Å². The molecule has 0 fully saturated rings. The molecule has 2 rings (SSSR count). The van der Waals surface area contributed by atoms with Crippen molar-refractivity contribution in [1.82, 2.24) is 10.2 Å². The highest BCUT2D eigenvalue weighted by atomic mass is 16.5. The van der Waals surface area contributed by atoms with Crippen LogP contribution in [0.5, 0.6) is 5.75 Å². The van der Waals surface area contributed by atoms with Gasteiger partial charge in [0.2, 0.25) is 0 Å². The van der Waals surface area contributed by atoms with Gasteiger partial charge >= 0.3 is 0 Å². The molecule has 54 valence electrons. The minimum atomic E-state index is 0.730. The van der Waals surface area contributed by atoms with E-state index < -0.39 is 0 Å². The van der Waals surface area contributed by atoms with Gasteiger partial charge in [0.15, 0.2) is 11.6 Å². The van der Waals surface area contributed by atoms with Crippen LogP contribution in [0, 0.1) is 6.92 Å². The van der Waals surface area contributed by atoms with E-state index in [1.54, 1.807) is 0 Å². The van der Waals surface area contributed by atoms with Crippen LogP contribution in [0.15, 0.2) is 0 Å². The van der Waals surface area contributed by atoms with Crippen molar-refractivity contribution in [2.75, 3.05) is 18.5 Å². The van der Waals surface area contributed by atoms with Gasteiger partial charge in [-0.1, -0.05) is 0 Å². The van der Waals surface area contributed by atoms with Crippen LogP contribution in [0.4, 0.5) is 5.82 Å². The van der Waals surface area contributed by atoms with Crippen LogP contribution in [0.2, 0.25) is 0 Å². The Kier molecular flexibility index (Phi) is 1.06. The molecule has 1 aliphatic rings. The Morgan fingerprint density at radius 2 is 2.50 bits per heavy atom. The number of aromatic amines is 1. The second-order valence-corrected chi connectivity index (χ2v) is 2.30. The summed E-state index contributed by atoms with van der Waals surface area (Å²) in [6.45, 7) is 3.52. The molecule has 0 aromatic carbocycles. The molecular formula is C6H9N3O. The molecule has 0 aliphatic carbocycles. The van der Waals surface area contributed by atoms with Crippen LogP contribution in [0.3, 0.4) is 0 Å². The van der Waals surface area contributed by atoms with Gasteiger partial charge in [0, 0.05) is 0 Å². The average molecular weight is 139 g/mol. The summed E-state index contributed by atoms with van der Waals surface area (Å²) in [6, 6.07) is 0. The van der Waals surface area contributed by atoms with Gasteiger partial charge in [-0.25, -0.2) is 0 Å². The van der Waals surface area contributed by atoms with Crippen LogP contribution in [-0.2, 0) is 0 Å². The zero-order valence-corrected chi connectivity index (χ0v) is 5.77. The number of fused-ring (bicyclic) bond motifs is 1. The quantitative estimate of drug-likeness (QED) is 0.551. The van der Waals surface area contributed by atoms with E-state index in [1.807, 2.05) is 6.92 Å². The first-order valence-electron chi connectivity index (χ1n) is 3.29. The summed E-state index contributed by atoms with van der Waals surface area (Å²) >= 11 is 0. The van der Waals surface area contributed by atoms with Crippen LogP contribution >= 0.6 is 0 Å². The molecule has 1 aliphatic heterocycles. The van der Waals surface area contributed by atoms with Crippen molar-refractivity contribution in [3.8, 4) is 5.75 Å². The zero-order chi connectivity index (χ0) is 6.97. The Bertz CT molecular complexity index is 243. The van der Waals surface area contributed by atoms with Crippen molar-refractivity contribution in [2.24, 2.45) is 0 Å². The molecule has 4 nitrogen and oxygen atoms in total. The van der Waals surface area contributed by atoms with Crippen LogP contribution in [0.25, 0.3) is 0 Å². The van der Waals surface area contributed by atoms with Crippen LogP contribution < -0.4 is 10.1 Å². The number of aromatic nitrogens is 2. The molecule has 4 heteroatoms. The zero-order valence-electron chi connectivity index (χ0n) is 5.77. The summed E-state index contributed by atoms with van der Waals surface area (Å²) in [5, 5.41) is 9.95. The lowest BCUT2D eigenvalue weighted by Crippen LogP contribution is -2.17. The van der Waals surface area contributed by atoms with Crippen molar-refractivity contribution in [3.63, 3.8) is 0 Å². The molecule has 0 spiro atoms. The second kappa shape index (κ2) is 1.90. The highest BCUT2D eigenvalue weighted by Gasteiger charge is 2.14. The fraction of sp³-hybridized carbons (Fsp3) is 0.500. The van der Waals surface area contributed by atoms with Gasteiger partial charge in [-0.15, -0.1) is 0 Å². The van der Waals surface area contributed by atoms with Crippen molar-refractivity contribution >= 4 is 5.82 Å². The number of hydrogen-bond acceptors (Lipinski definition) is 3. The van der Waals surface area contributed by atoms with E-state index in [0.717, 1.165) is 30.4 Å². The lowest BCUT2D eigenvalue weighted by atomic mass is 10.4. The largest absolute Gasteiger partial charge is 0.486 e. The summed E-state index contributed by atoms with van der Waals surface area (Å²) in [5.41, 5.74) is 0.988. The molecule has 2 N–H and O–H groups in total. The maximum Gasteiger partial charge on any atom is 0.190 e. The highest BCUT2D eigenvalue weighted by molar-refractivity contribution is 5.53. The Labute approximate surface area is 58.6 Å². The molecule has 1 aromatic rings. The Hall–Kier alpha value is -1.19. The van der Waals surface area contributed by atoms with Crippen LogP contribution in [0.1, 0.15) is 5.69 Å². The Morgan fingerprint density at radius 3 is 3.30 bits per heavy atom. The van der Waals surface area contributed by atoms with E-state index >= 15 is 0 Å². The molecular weight excluding hydrogens is 130 g/mol. The highest BCUT2D eigenvalue weighted by Crippen LogP contribution is 2.27. The maximum absolute atomic E-state index is 5.34. The number of aryl methyl sites for hydroxylation is 1. The topological polar surface area (TPSA) is 49.9 Å². The van der Waals surface area contributed by atoms with Gasteiger partial charge in [-0.05, 0) is 6.92 Å². The van der Waals surface area contributed by atoms with Gasteiger partial charge in [0.05, 0.1) is 12.2 Å². The van der Waals surface area contributed by atoms with Gasteiger partial charge < -0.3 is 10.1 Å². The van der Waals surface area contributed by atoms with E-state index in [1.165, 1.54) is 0 Å². The third-order valence-corrected chi connectivity index (χ3v) is 1.53. The lowest BCUT2D eigenvalue weighted by molar-refractivity contribution is 0.321. The maximum atomic E-state index is 5.34. The van der Waals surface area contributed by atoms with Gasteiger partial charge in [-0.3, -0.25) is 5.10 Å². The summed E-state index contributed by atoms with van der Waals surface area (Å²) in [4.78, 5) is 0. The molecule has 10 heavy (non-hydrogen) atoms. The molecule has 2 heterocycles. The number of rotatable bonds is 0. The first kappa shape index (κ1) is 5.58. The summed E-state index contributed by atoms with van der Waals surface area (Å²) in [6.07, 6.45) is 0. The predicted octanol–water partition coefficient (Wildman–Crippen LogP) is 0.522. The molecule has 0 bridgehead atoms. The molecule has 0 atom stereocenters. The van der Waals surface area contributed by atoms with Crippen molar-refractivity contribution in [3.05, 3.63) is 5.69 Å². The van der Waals surface area contributed by atoms with Crippen molar-refractivity contribution in [1.29, 1.82) is 0 Å². The summed E-state index contributed by atoms with van der Waals surface area (Å²) < 4.78 is 5.34. The first-order valence-corrected chi connectivity index (χ1v) is 3.29. The fourth-order valence-corrected chi connectivity index (χ4v) is 1.04. The monoisotopic (exact) mass is 139 g/mol. The number of hydrogen-bond donors (Lipinski definition) is 2. The minimum Gasteiger partial charge on any atom is -0.486 e. The normalized spacial score (nSPS) is 15.3. The second-order valence-electron chi connectivity index (χ2n) is 2.30. The smallest absolute Gasteiger partial charge is 0.190 e. The molecule has 0 unspecified atom stereocenters.